The lowest BCUT2D eigenvalue weighted by atomic mass is 9.84. The lowest BCUT2D eigenvalue weighted by molar-refractivity contribution is -0.247. The summed E-state index contributed by atoms with van der Waals surface area (Å²) in [5.41, 5.74) is -2.69. The molecular weight excluding hydrogens is 285 g/mol. The molecule has 0 unspecified atom stereocenters. The van der Waals surface area contributed by atoms with Crippen LogP contribution in [0, 0.1) is 0 Å². The Kier molecular flexibility index (Phi) is 4.58. The topological polar surface area (TPSA) is 38.7 Å². The van der Waals surface area contributed by atoms with E-state index in [2.05, 4.69) is 0 Å². The Hall–Kier alpha value is -1.53. The van der Waals surface area contributed by atoms with Crippen molar-refractivity contribution < 1.29 is 27.8 Å². The number of hydrogen-bond acceptors (Lipinski definition) is 3. The van der Waals surface area contributed by atoms with Crippen molar-refractivity contribution in [2.75, 3.05) is 7.11 Å². The third kappa shape index (κ3) is 3.39. The molecule has 0 saturated carbocycles. The third-order valence-electron chi connectivity index (χ3n) is 3.58. The lowest BCUT2D eigenvalue weighted by Crippen LogP contribution is -2.49. The van der Waals surface area contributed by atoms with Gasteiger partial charge in [-0.25, -0.2) is 0 Å². The number of alkyl halides is 3. The van der Waals surface area contributed by atoms with Crippen LogP contribution in [0.2, 0.25) is 0 Å². The molecule has 2 rings (SSSR count). The Bertz CT molecular complexity index is 499. The molecule has 1 aromatic carbocycles. The van der Waals surface area contributed by atoms with Gasteiger partial charge < -0.3 is 14.6 Å². The van der Waals surface area contributed by atoms with Gasteiger partial charge in [0.15, 0.2) is 11.9 Å². The molecule has 0 bridgehead atoms. The summed E-state index contributed by atoms with van der Waals surface area (Å²) in [6.07, 6.45) is -4.56. The highest BCUT2D eigenvalue weighted by Gasteiger charge is 2.56. The normalized spacial score (nSPS) is 22.1. The van der Waals surface area contributed by atoms with Gasteiger partial charge in [-0.15, -0.1) is 0 Å². The second-order valence-electron chi connectivity index (χ2n) is 5.00. The summed E-state index contributed by atoms with van der Waals surface area (Å²) in [5.74, 6) is 0. The maximum absolute atomic E-state index is 13.4. The van der Waals surface area contributed by atoms with Crippen molar-refractivity contribution in [1.82, 2.24) is 0 Å². The Morgan fingerprint density at radius 2 is 1.95 bits per heavy atom. The van der Waals surface area contributed by atoms with E-state index in [-0.39, 0.29) is 18.4 Å². The van der Waals surface area contributed by atoms with E-state index >= 15 is 0 Å². The first kappa shape index (κ1) is 15.9. The first-order valence-electron chi connectivity index (χ1n) is 6.57. The first-order chi connectivity index (χ1) is 9.87. The van der Waals surface area contributed by atoms with Crippen LogP contribution in [0.15, 0.2) is 42.2 Å². The second-order valence-corrected chi connectivity index (χ2v) is 5.00. The number of rotatable bonds is 4. The molecule has 1 aliphatic rings. The summed E-state index contributed by atoms with van der Waals surface area (Å²) >= 11 is 0. The van der Waals surface area contributed by atoms with Gasteiger partial charge in [0.25, 0.3) is 0 Å². The van der Waals surface area contributed by atoms with Crippen molar-refractivity contribution in [3.63, 3.8) is 0 Å². The predicted molar refractivity (Wildman–Crippen MR) is 70.3 cm³/mol. The molecule has 1 heterocycles. The second kappa shape index (κ2) is 6.07. The Morgan fingerprint density at radius 3 is 2.43 bits per heavy atom. The van der Waals surface area contributed by atoms with Crippen LogP contribution in [0.25, 0.3) is 0 Å². The summed E-state index contributed by atoms with van der Waals surface area (Å²) in [4.78, 5) is 0. The van der Waals surface area contributed by atoms with E-state index in [9.17, 15) is 18.3 Å². The Balaban J connectivity index is 2.28. The highest BCUT2D eigenvalue weighted by atomic mass is 19.4. The van der Waals surface area contributed by atoms with Gasteiger partial charge in [-0.3, -0.25) is 0 Å². The van der Waals surface area contributed by atoms with E-state index in [1.807, 2.05) is 0 Å². The van der Waals surface area contributed by atoms with E-state index in [0.29, 0.717) is 5.56 Å². The molecule has 21 heavy (non-hydrogen) atoms. The van der Waals surface area contributed by atoms with Crippen molar-refractivity contribution in [1.29, 1.82) is 0 Å². The summed E-state index contributed by atoms with van der Waals surface area (Å²) in [6, 6.07) is 8.10. The van der Waals surface area contributed by atoms with Gasteiger partial charge >= 0.3 is 6.18 Å². The van der Waals surface area contributed by atoms with E-state index in [4.69, 9.17) is 9.47 Å². The Labute approximate surface area is 121 Å². The summed E-state index contributed by atoms with van der Waals surface area (Å²) in [7, 11) is 1.42. The molecular formula is C15H17F3O3. The van der Waals surface area contributed by atoms with Gasteiger partial charge in [0, 0.05) is 25.5 Å². The highest BCUT2D eigenvalue weighted by molar-refractivity contribution is 5.27. The van der Waals surface area contributed by atoms with Crippen LogP contribution < -0.4 is 0 Å². The number of hydrogen-bond donors (Lipinski definition) is 1. The molecule has 0 spiro atoms. The molecule has 1 aliphatic heterocycles. The number of methoxy groups -OCH3 is 1. The molecule has 1 aromatic rings. The van der Waals surface area contributed by atoms with Gasteiger partial charge in [-0.1, -0.05) is 30.3 Å². The van der Waals surface area contributed by atoms with Crippen molar-refractivity contribution in [2.45, 2.75) is 37.3 Å². The van der Waals surface area contributed by atoms with E-state index in [1.165, 1.54) is 7.11 Å². The first-order valence-corrected chi connectivity index (χ1v) is 6.57. The van der Waals surface area contributed by atoms with Gasteiger partial charge in [0.05, 0.1) is 6.26 Å². The van der Waals surface area contributed by atoms with E-state index in [1.54, 1.807) is 30.3 Å². The molecule has 0 radical (unpaired) electrons. The zero-order chi connectivity index (χ0) is 15.5. The maximum atomic E-state index is 13.4. The number of aliphatic hydroxyl groups is 1. The van der Waals surface area contributed by atoms with Crippen LogP contribution in [-0.2, 0) is 15.9 Å². The third-order valence-corrected chi connectivity index (χ3v) is 3.58. The summed E-state index contributed by atoms with van der Waals surface area (Å²) in [6.45, 7) is 0. The predicted octanol–water partition coefficient (Wildman–Crippen LogP) is 3.19. The van der Waals surface area contributed by atoms with Gasteiger partial charge in [0.1, 0.15) is 0 Å². The lowest BCUT2D eigenvalue weighted by Gasteiger charge is -2.35. The average Bonchev–Trinajstić information content (AvgIpc) is 2.47. The Morgan fingerprint density at radius 1 is 1.29 bits per heavy atom. The quantitative estimate of drug-likeness (QED) is 0.928. The van der Waals surface area contributed by atoms with E-state index in [0.717, 1.165) is 6.26 Å². The van der Waals surface area contributed by atoms with Crippen LogP contribution in [-0.4, -0.2) is 30.3 Å². The van der Waals surface area contributed by atoms with Gasteiger partial charge in [-0.2, -0.15) is 13.2 Å². The van der Waals surface area contributed by atoms with Crippen LogP contribution in [0.5, 0.6) is 0 Å². The maximum Gasteiger partial charge on any atom is 0.421 e. The minimum atomic E-state index is -4.78. The molecule has 0 aliphatic carbocycles. The number of halogens is 3. The molecule has 0 amide bonds. The molecule has 116 valence electrons. The smallest absolute Gasteiger partial charge is 0.421 e. The number of ether oxygens (including phenoxy) is 2. The molecule has 2 atom stereocenters. The average molecular weight is 302 g/mol. The zero-order valence-electron chi connectivity index (χ0n) is 11.6. The number of benzene rings is 1. The SMILES string of the molecule is CO[C@H]1CCC([C@](O)(Cc2ccccc2)C(F)(F)F)=CO1. The van der Waals surface area contributed by atoms with Crippen LogP contribution in [0.3, 0.4) is 0 Å². The molecule has 0 aromatic heterocycles. The molecule has 0 saturated heterocycles. The fourth-order valence-electron chi connectivity index (χ4n) is 2.32. The molecule has 0 fully saturated rings. The van der Waals surface area contributed by atoms with Crippen LogP contribution in [0.1, 0.15) is 18.4 Å². The van der Waals surface area contributed by atoms with Crippen molar-refractivity contribution in [3.8, 4) is 0 Å². The summed E-state index contributed by atoms with van der Waals surface area (Å²) in [5, 5.41) is 10.3. The minimum absolute atomic E-state index is 0.0708. The largest absolute Gasteiger partial charge is 0.472 e. The van der Waals surface area contributed by atoms with E-state index < -0.39 is 24.5 Å². The van der Waals surface area contributed by atoms with Gasteiger partial charge in [0.2, 0.25) is 0 Å². The fourth-order valence-corrected chi connectivity index (χ4v) is 2.32. The zero-order valence-corrected chi connectivity index (χ0v) is 11.6. The highest BCUT2D eigenvalue weighted by Crippen LogP contribution is 2.42. The fraction of sp³-hybridized carbons (Fsp3) is 0.467. The van der Waals surface area contributed by atoms with Gasteiger partial charge in [-0.05, 0) is 12.0 Å². The summed E-state index contributed by atoms with van der Waals surface area (Å²) < 4.78 is 50.1. The van der Waals surface area contributed by atoms with Crippen molar-refractivity contribution >= 4 is 0 Å². The molecule has 6 heteroatoms. The molecule has 1 N–H and O–H groups in total. The van der Waals surface area contributed by atoms with Crippen LogP contribution >= 0.6 is 0 Å². The minimum Gasteiger partial charge on any atom is -0.472 e. The molecule has 3 nitrogen and oxygen atoms in total. The standard InChI is InChI=1S/C15H17F3O3/c1-20-13-8-7-12(10-21-13)14(19,15(16,17)18)9-11-5-3-2-4-6-11/h2-6,10,13,19H,7-9H2,1H3/t13-,14-/m1/s1. The monoisotopic (exact) mass is 302 g/mol. The van der Waals surface area contributed by atoms with Crippen molar-refractivity contribution in [3.05, 3.63) is 47.7 Å². The van der Waals surface area contributed by atoms with Crippen molar-refractivity contribution in [2.24, 2.45) is 0 Å². The van der Waals surface area contributed by atoms with Crippen LogP contribution in [0.4, 0.5) is 13.2 Å².